The van der Waals surface area contributed by atoms with Crippen molar-refractivity contribution in [3.05, 3.63) is 105 Å². The summed E-state index contributed by atoms with van der Waals surface area (Å²) in [5.41, 5.74) is 2.87. The van der Waals surface area contributed by atoms with Gasteiger partial charge >= 0.3 is 23.9 Å². The minimum atomic E-state index is -2.22. The summed E-state index contributed by atoms with van der Waals surface area (Å²) in [7, 11) is 0. The molecule has 42 heavy (non-hydrogen) atoms. The average molecular weight is 618 g/mol. The van der Waals surface area contributed by atoms with Gasteiger partial charge in [0.05, 0.1) is 33.9 Å². The van der Waals surface area contributed by atoms with Crippen LogP contribution in [0.25, 0.3) is 0 Å². The predicted molar refractivity (Wildman–Crippen MR) is 154 cm³/mol. The first-order valence-corrected chi connectivity index (χ1v) is 13.5. The fourth-order valence-electron chi connectivity index (χ4n) is 3.72. The van der Waals surface area contributed by atoms with Crippen molar-refractivity contribution in [2.75, 3.05) is 19.7 Å². The number of aliphatic carboxylic acids is 2. The van der Waals surface area contributed by atoms with Crippen LogP contribution in [0.1, 0.15) is 43.5 Å². The number of aryl methyl sites for hydroxylation is 2. The zero-order valence-electron chi connectivity index (χ0n) is 22.7. The molecule has 0 radical (unpaired) electrons. The van der Waals surface area contributed by atoms with Crippen LogP contribution in [0.4, 0.5) is 0 Å². The van der Waals surface area contributed by atoms with Gasteiger partial charge in [-0.1, -0.05) is 64.7 Å². The lowest BCUT2D eigenvalue weighted by Crippen LogP contribution is -2.45. The molecule has 3 aromatic rings. The summed E-state index contributed by atoms with van der Waals surface area (Å²) in [6.45, 7) is 6.07. The van der Waals surface area contributed by atoms with E-state index in [4.69, 9.17) is 37.4 Å². The van der Waals surface area contributed by atoms with E-state index in [0.29, 0.717) is 10.0 Å². The summed E-state index contributed by atoms with van der Waals surface area (Å²) in [4.78, 5) is 47.3. The molecule has 3 N–H and O–H groups in total. The molecule has 1 aliphatic heterocycles. The van der Waals surface area contributed by atoms with Gasteiger partial charge in [0.15, 0.2) is 0 Å². The minimum absolute atomic E-state index is 0.0332. The highest BCUT2D eigenvalue weighted by Gasteiger charge is 2.41. The van der Waals surface area contributed by atoms with Gasteiger partial charge in [0.1, 0.15) is 0 Å². The van der Waals surface area contributed by atoms with E-state index in [0.717, 1.165) is 36.4 Å². The van der Waals surface area contributed by atoms with Crippen LogP contribution >= 0.6 is 23.2 Å². The van der Waals surface area contributed by atoms with E-state index < -0.39 is 36.1 Å². The molecule has 0 amide bonds. The molecule has 0 saturated carbocycles. The summed E-state index contributed by atoms with van der Waals surface area (Å²) < 4.78 is 15.2. The van der Waals surface area contributed by atoms with Crippen molar-refractivity contribution in [1.82, 2.24) is 5.32 Å². The first-order chi connectivity index (χ1) is 20.0. The molecular weight excluding hydrogens is 589 g/mol. The normalized spacial score (nSPS) is 15.8. The first kappa shape index (κ1) is 32.6. The topological polar surface area (TPSA) is 148 Å². The average Bonchev–Trinajstić information content (AvgIpc) is 2.97. The molecule has 1 aliphatic rings. The van der Waals surface area contributed by atoms with Crippen LogP contribution in [-0.2, 0) is 23.8 Å². The Morgan fingerprint density at radius 1 is 0.786 bits per heavy atom. The van der Waals surface area contributed by atoms with E-state index in [1.54, 1.807) is 44.2 Å². The van der Waals surface area contributed by atoms with Crippen molar-refractivity contribution < 1.29 is 43.6 Å². The molecule has 0 bridgehead atoms. The van der Waals surface area contributed by atoms with Gasteiger partial charge in [-0.3, -0.25) is 0 Å². The Labute approximate surface area is 252 Å². The molecule has 10 nitrogen and oxygen atoms in total. The molecule has 4 rings (SSSR count). The van der Waals surface area contributed by atoms with Gasteiger partial charge in [0.2, 0.25) is 12.2 Å². The second-order valence-corrected chi connectivity index (χ2v) is 10.1. The number of benzene rings is 3. The number of carbonyl (C=O) groups excluding carboxylic acids is 2. The standard InChI is InChI=1S/C20H18O8.C10H11Cl2NO/c1-11-3-7-13(8-4-11)19(25)27-15(17(21)22)16(18(23)24)28-20(26)14-9-5-12(2)6-10-14;11-8-2-1-7(5-9(8)12)10-6-13-3-4-14-10/h3-10,15-16H,1-2H3,(H,21,22)(H,23,24);1-2,5,10,13H,3-4,6H2/t15-,16-;10-/m10/s1. The van der Waals surface area contributed by atoms with Gasteiger partial charge in [0.25, 0.3) is 0 Å². The van der Waals surface area contributed by atoms with Crippen molar-refractivity contribution in [1.29, 1.82) is 0 Å². The Kier molecular flexibility index (Phi) is 11.9. The molecule has 1 fully saturated rings. The van der Waals surface area contributed by atoms with Crippen LogP contribution in [-0.4, -0.2) is 66.0 Å². The maximum absolute atomic E-state index is 12.2. The largest absolute Gasteiger partial charge is 0.478 e. The van der Waals surface area contributed by atoms with Crippen LogP contribution in [0.15, 0.2) is 66.7 Å². The number of carboxylic acids is 2. The molecule has 3 aromatic carbocycles. The van der Waals surface area contributed by atoms with Crippen molar-refractivity contribution in [2.45, 2.75) is 32.2 Å². The highest BCUT2D eigenvalue weighted by Crippen LogP contribution is 2.27. The molecule has 0 aliphatic carbocycles. The maximum atomic E-state index is 12.2. The van der Waals surface area contributed by atoms with E-state index in [-0.39, 0.29) is 17.2 Å². The number of carbonyl (C=O) groups is 4. The molecular formula is C30H29Cl2NO9. The lowest BCUT2D eigenvalue weighted by molar-refractivity contribution is -0.166. The molecule has 1 heterocycles. The Balaban J connectivity index is 0.000000287. The molecule has 0 spiro atoms. The third-order valence-electron chi connectivity index (χ3n) is 6.05. The van der Waals surface area contributed by atoms with Crippen LogP contribution in [0.3, 0.4) is 0 Å². The highest BCUT2D eigenvalue weighted by atomic mass is 35.5. The van der Waals surface area contributed by atoms with Crippen molar-refractivity contribution >= 4 is 47.1 Å². The Morgan fingerprint density at radius 2 is 1.26 bits per heavy atom. The molecule has 0 unspecified atom stereocenters. The van der Waals surface area contributed by atoms with E-state index in [1.165, 1.54) is 24.3 Å². The van der Waals surface area contributed by atoms with E-state index in [9.17, 15) is 29.4 Å². The van der Waals surface area contributed by atoms with Gasteiger partial charge in [0, 0.05) is 13.1 Å². The molecule has 222 valence electrons. The van der Waals surface area contributed by atoms with Crippen molar-refractivity contribution in [3.63, 3.8) is 0 Å². The first-order valence-electron chi connectivity index (χ1n) is 12.7. The van der Waals surface area contributed by atoms with Gasteiger partial charge in [-0.05, 0) is 55.8 Å². The summed E-state index contributed by atoms with van der Waals surface area (Å²) in [6.07, 6.45) is -4.35. The number of rotatable bonds is 8. The van der Waals surface area contributed by atoms with Gasteiger partial charge in [-0.2, -0.15) is 0 Å². The summed E-state index contributed by atoms with van der Waals surface area (Å²) in [5.74, 6) is -5.62. The summed E-state index contributed by atoms with van der Waals surface area (Å²) >= 11 is 11.8. The number of ether oxygens (including phenoxy) is 3. The zero-order chi connectivity index (χ0) is 30.8. The fourth-order valence-corrected chi connectivity index (χ4v) is 4.03. The molecule has 0 aromatic heterocycles. The van der Waals surface area contributed by atoms with Crippen molar-refractivity contribution in [2.24, 2.45) is 0 Å². The second kappa shape index (κ2) is 15.3. The van der Waals surface area contributed by atoms with Crippen LogP contribution in [0.2, 0.25) is 10.0 Å². The van der Waals surface area contributed by atoms with Crippen LogP contribution < -0.4 is 5.32 Å². The second-order valence-electron chi connectivity index (χ2n) is 9.30. The Bertz CT molecular complexity index is 1330. The van der Waals surface area contributed by atoms with Crippen LogP contribution in [0.5, 0.6) is 0 Å². The van der Waals surface area contributed by atoms with E-state index in [1.807, 2.05) is 12.1 Å². The number of nitrogens with one attached hydrogen (secondary N) is 1. The third kappa shape index (κ3) is 9.28. The predicted octanol–water partition coefficient (Wildman–Crippen LogP) is 4.88. The number of hydrogen-bond donors (Lipinski definition) is 3. The summed E-state index contributed by atoms with van der Waals surface area (Å²) in [6, 6.07) is 17.7. The summed E-state index contributed by atoms with van der Waals surface area (Å²) in [5, 5.41) is 23.1. The number of esters is 2. The zero-order valence-corrected chi connectivity index (χ0v) is 24.2. The fraction of sp³-hybridized carbons (Fsp3) is 0.267. The SMILES string of the molecule is Cc1ccc(C(=O)O[C@@H](C(=O)O)[C@@H](OC(=O)c2ccc(C)cc2)C(=O)O)cc1.Clc1ccc([C@@H]2CNCCO2)cc1Cl. The van der Waals surface area contributed by atoms with Crippen LogP contribution in [0, 0.1) is 13.8 Å². The quantitative estimate of drug-likeness (QED) is 0.299. The third-order valence-corrected chi connectivity index (χ3v) is 6.79. The van der Waals surface area contributed by atoms with E-state index in [2.05, 4.69) is 5.32 Å². The maximum Gasteiger partial charge on any atom is 0.349 e. The van der Waals surface area contributed by atoms with Gasteiger partial charge < -0.3 is 29.7 Å². The number of hydrogen-bond acceptors (Lipinski definition) is 8. The minimum Gasteiger partial charge on any atom is -0.478 e. The number of halogens is 2. The number of morpholine rings is 1. The highest BCUT2D eigenvalue weighted by molar-refractivity contribution is 6.42. The molecule has 3 atom stereocenters. The van der Waals surface area contributed by atoms with E-state index >= 15 is 0 Å². The number of carboxylic acid groups (broad SMARTS) is 2. The van der Waals surface area contributed by atoms with Gasteiger partial charge in [-0.25, -0.2) is 19.2 Å². The smallest absolute Gasteiger partial charge is 0.349 e. The molecule has 1 saturated heterocycles. The Morgan fingerprint density at radius 3 is 1.64 bits per heavy atom. The van der Waals surface area contributed by atoms with Crippen molar-refractivity contribution in [3.8, 4) is 0 Å². The molecule has 12 heteroatoms. The lowest BCUT2D eigenvalue weighted by atomic mass is 10.1. The Hall–Kier alpha value is -3.96. The van der Waals surface area contributed by atoms with Gasteiger partial charge in [-0.15, -0.1) is 0 Å². The monoisotopic (exact) mass is 617 g/mol. The lowest BCUT2D eigenvalue weighted by Gasteiger charge is -2.24.